The molecule has 0 radical (unpaired) electrons. The van der Waals surface area contributed by atoms with E-state index in [1.54, 1.807) is 0 Å². The number of hydrogen-bond acceptors (Lipinski definition) is 3. The van der Waals surface area contributed by atoms with Gasteiger partial charge in [-0.2, -0.15) is 0 Å². The molecule has 3 nitrogen and oxygen atoms in total. The second-order valence-electron chi connectivity index (χ2n) is 4.88. The molecule has 1 aromatic rings. The van der Waals surface area contributed by atoms with Crippen LogP contribution < -0.4 is 5.32 Å². The summed E-state index contributed by atoms with van der Waals surface area (Å²) >= 11 is 3.45. The van der Waals surface area contributed by atoms with Crippen molar-refractivity contribution in [1.82, 2.24) is 4.98 Å². The van der Waals surface area contributed by atoms with Crippen LogP contribution in [0.4, 0.5) is 5.82 Å². The van der Waals surface area contributed by atoms with E-state index in [0.29, 0.717) is 6.10 Å². The highest BCUT2D eigenvalue weighted by Crippen LogP contribution is 2.20. The smallest absolute Gasteiger partial charge is 0.126 e. The Morgan fingerprint density at radius 2 is 2.17 bits per heavy atom. The standard InChI is InChI=1S/C14H21BrN2O/c1-11-9-14(17-10-13(11)15)16-7-8-18-12-5-3-2-4-6-12/h9-10,12H,2-8H2,1H3,(H,16,17). The van der Waals surface area contributed by atoms with Crippen LogP contribution in [0.25, 0.3) is 0 Å². The normalized spacial score (nSPS) is 16.8. The summed E-state index contributed by atoms with van der Waals surface area (Å²) in [6, 6.07) is 2.05. The first-order chi connectivity index (χ1) is 8.75. The molecule has 0 unspecified atom stereocenters. The molecule has 1 fully saturated rings. The van der Waals surface area contributed by atoms with Gasteiger partial charge in [-0.05, 0) is 47.3 Å². The highest BCUT2D eigenvalue weighted by Gasteiger charge is 2.12. The molecule has 1 N–H and O–H groups in total. The van der Waals surface area contributed by atoms with Crippen molar-refractivity contribution >= 4 is 21.7 Å². The first kappa shape index (κ1) is 13.8. The number of aryl methyl sites for hydroxylation is 1. The average Bonchev–Trinajstić information content (AvgIpc) is 2.40. The largest absolute Gasteiger partial charge is 0.376 e. The Hall–Kier alpha value is -0.610. The molecule has 2 rings (SSSR count). The highest BCUT2D eigenvalue weighted by molar-refractivity contribution is 9.10. The van der Waals surface area contributed by atoms with Crippen molar-refractivity contribution in [3.05, 3.63) is 22.3 Å². The molecule has 1 aliphatic carbocycles. The lowest BCUT2D eigenvalue weighted by Crippen LogP contribution is -2.20. The molecular weight excluding hydrogens is 292 g/mol. The summed E-state index contributed by atoms with van der Waals surface area (Å²) in [5.41, 5.74) is 1.20. The Morgan fingerprint density at radius 1 is 1.39 bits per heavy atom. The Bertz CT molecular complexity index is 378. The summed E-state index contributed by atoms with van der Waals surface area (Å²) < 4.78 is 6.91. The van der Waals surface area contributed by atoms with Crippen molar-refractivity contribution in [2.75, 3.05) is 18.5 Å². The number of ether oxygens (including phenoxy) is 1. The molecule has 0 bridgehead atoms. The van der Waals surface area contributed by atoms with Crippen molar-refractivity contribution in [2.45, 2.75) is 45.1 Å². The zero-order valence-corrected chi connectivity index (χ0v) is 12.5. The summed E-state index contributed by atoms with van der Waals surface area (Å²) in [4.78, 5) is 4.31. The quantitative estimate of drug-likeness (QED) is 0.837. The van der Waals surface area contributed by atoms with Gasteiger partial charge < -0.3 is 10.1 Å². The Balaban J connectivity index is 1.66. The van der Waals surface area contributed by atoms with E-state index in [0.717, 1.165) is 23.4 Å². The average molecular weight is 313 g/mol. The SMILES string of the molecule is Cc1cc(NCCOC2CCCCC2)ncc1Br. The van der Waals surface area contributed by atoms with E-state index in [2.05, 4.69) is 33.2 Å². The van der Waals surface area contributed by atoms with Crippen molar-refractivity contribution in [1.29, 1.82) is 0 Å². The minimum atomic E-state index is 0.486. The third-order valence-electron chi connectivity index (χ3n) is 3.36. The van der Waals surface area contributed by atoms with Gasteiger partial charge >= 0.3 is 0 Å². The van der Waals surface area contributed by atoms with Crippen LogP contribution in [0.15, 0.2) is 16.7 Å². The van der Waals surface area contributed by atoms with Crippen LogP contribution >= 0.6 is 15.9 Å². The molecular formula is C14H21BrN2O. The van der Waals surface area contributed by atoms with E-state index in [9.17, 15) is 0 Å². The van der Waals surface area contributed by atoms with Crippen LogP contribution in [0.2, 0.25) is 0 Å². The van der Waals surface area contributed by atoms with E-state index < -0.39 is 0 Å². The van der Waals surface area contributed by atoms with Crippen molar-refractivity contribution in [2.24, 2.45) is 0 Å². The predicted octanol–water partition coefficient (Wildman–Crippen LogP) is 3.91. The summed E-state index contributed by atoms with van der Waals surface area (Å²) in [7, 11) is 0. The summed E-state index contributed by atoms with van der Waals surface area (Å²) in [5.74, 6) is 0.919. The van der Waals surface area contributed by atoms with Gasteiger partial charge in [-0.25, -0.2) is 4.98 Å². The maximum Gasteiger partial charge on any atom is 0.126 e. The number of aromatic nitrogens is 1. The number of halogens is 1. The fourth-order valence-corrected chi connectivity index (χ4v) is 2.49. The first-order valence-electron chi connectivity index (χ1n) is 6.73. The van der Waals surface area contributed by atoms with Gasteiger partial charge in [0.25, 0.3) is 0 Å². The maximum absolute atomic E-state index is 5.86. The summed E-state index contributed by atoms with van der Waals surface area (Å²) in [5, 5.41) is 3.30. The van der Waals surface area contributed by atoms with Gasteiger partial charge in [0.15, 0.2) is 0 Å². The minimum absolute atomic E-state index is 0.486. The highest BCUT2D eigenvalue weighted by atomic mass is 79.9. The molecule has 0 aromatic carbocycles. The Kier molecular flexibility index (Phi) is 5.45. The Morgan fingerprint density at radius 3 is 2.89 bits per heavy atom. The lowest BCUT2D eigenvalue weighted by atomic mass is 9.98. The van der Waals surface area contributed by atoms with E-state index >= 15 is 0 Å². The summed E-state index contributed by atoms with van der Waals surface area (Å²) in [6.07, 6.45) is 8.81. The first-order valence-corrected chi connectivity index (χ1v) is 7.52. The maximum atomic E-state index is 5.86. The second kappa shape index (κ2) is 7.10. The predicted molar refractivity (Wildman–Crippen MR) is 78.0 cm³/mol. The second-order valence-corrected chi connectivity index (χ2v) is 5.73. The van der Waals surface area contributed by atoms with Crippen LogP contribution in [0.1, 0.15) is 37.7 Å². The topological polar surface area (TPSA) is 34.1 Å². The van der Waals surface area contributed by atoms with Crippen LogP contribution in [0, 0.1) is 6.92 Å². The van der Waals surface area contributed by atoms with Crippen LogP contribution in [-0.4, -0.2) is 24.2 Å². The van der Waals surface area contributed by atoms with Gasteiger partial charge in [0.1, 0.15) is 5.82 Å². The molecule has 1 aromatic heterocycles. The molecule has 0 saturated heterocycles. The monoisotopic (exact) mass is 312 g/mol. The number of pyridine rings is 1. The molecule has 1 heterocycles. The Labute approximate surface area is 117 Å². The molecule has 0 amide bonds. The molecule has 4 heteroatoms. The number of nitrogens with one attached hydrogen (secondary N) is 1. The van der Waals surface area contributed by atoms with Gasteiger partial charge in [0.05, 0.1) is 12.7 Å². The number of rotatable bonds is 5. The molecule has 0 spiro atoms. The van der Waals surface area contributed by atoms with E-state index in [1.807, 2.05) is 12.3 Å². The molecule has 1 saturated carbocycles. The number of anilines is 1. The van der Waals surface area contributed by atoms with Crippen LogP contribution in [0.3, 0.4) is 0 Å². The van der Waals surface area contributed by atoms with Gasteiger partial charge in [-0.1, -0.05) is 19.3 Å². The third-order valence-corrected chi connectivity index (χ3v) is 4.19. The third kappa shape index (κ3) is 4.25. The minimum Gasteiger partial charge on any atom is -0.376 e. The van der Waals surface area contributed by atoms with Gasteiger partial charge in [0, 0.05) is 17.2 Å². The zero-order valence-electron chi connectivity index (χ0n) is 10.9. The molecule has 18 heavy (non-hydrogen) atoms. The van der Waals surface area contributed by atoms with Gasteiger partial charge in [0.2, 0.25) is 0 Å². The zero-order chi connectivity index (χ0) is 12.8. The van der Waals surface area contributed by atoms with E-state index in [1.165, 1.54) is 37.7 Å². The fraction of sp³-hybridized carbons (Fsp3) is 0.643. The van der Waals surface area contributed by atoms with Crippen molar-refractivity contribution < 1.29 is 4.74 Å². The fourth-order valence-electron chi connectivity index (χ4n) is 2.27. The summed E-state index contributed by atoms with van der Waals surface area (Å²) in [6.45, 7) is 3.65. The molecule has 0 atom stereocenters. The van der Waals surface area contributed by atoms with Crippen molar-refractivity contribution in [3.8, 4) is 0 Å². The van der Waals surface area contributed by atoms with Crippen molar-refractivity contribution in [3.63, 3.8) is 0 Å². The van der Waals surface area contributed by atoms with Gasteiger partial charge in [-0.15, -0.1) is 0 Å². The van der Waals surface area contributed by atoms with E-state index in [4.69, 9.17) is 4.74 Å². The lowest BCUT2D eigenvalue weighted by Gasteiger charge is -2.22. The van der Waals surface area contributed by atoms with Crippen LogP contribution in [-0.2, 0) is 4.74 Å². The van der Waals surface area contributed by atoms with E-state index in [-0.39, 0.29) is 0 Å². The number of nitrogens with zero attached hydrogens (tertiary/aromatic N) is 1. The molecule has 100 valence electrons. The lowest BCUT2D eigenvalue weighted by molar-refractivity contribution is 0.0347. The number of hydrogen-bond donors (Lipinski definition) is 1. The molecule has 1 aliphatic rings. The molecule has 0 aliphatic heterocycles. The van der Waals surface area contributed by atoms with Crippen LogP contribution in [0.5, 0.6) is 0 Å². The van der Waals surface area contributed by atoms with Gasteiger partial charge in [-0.3, -0.25) is 0 Å².